The zero-order valence-electron chi connectivity index (χ0n) is 27.7. The monoisotopic (exact) mass is 661 g/mol. The van der Waals surface area contributed by atoms with E-state index in [2.05, 4.69) is 5.32 Å². The Kier molecular flexibility index (Phi) is 8.48. The van der Waals surface area contributed by atoms with Crippen molar-refractivity contribution in [3.63, 3.8) is 0 Å². The van der Waals surface area contributed by atoms with Gasteiger partial charge in [0, 0.05) is 34.9 Å². The molecule has 0 bridgehead atoms. The largest absolute Gasteiger partial charge is 0.497 e. The number of amides is 1. The van der Waals surface area contributed by atoms with Crippen molar-refractivity contribution in [2.75, 3.05) is 12.4 Å². The zero-order valence-corrected chi connectivity index (χ0v) is 28.6. The van der Waals surface area contributed by atoms with Crippen LogP contribution >= 0.6 is 11.3 Å². The average molecular weight is 662 g/mol. The molecule has 1 aliphatic heterocycles. The van der Waals surface area contributed by atoms with E-state index < -0.39 is 11.0 Å². The van der Waals surface area contributed by atoms with Crippen LogP contribution in [0.1, 0.15) is 52.2 Å². The standard InChI is InChI=1S/C37H35N5O5S/c1-20-8-14-30(21(2)16-20)39-35(43)33-24(5)38-37-41(34(33)26-9-12-29(47-7)13-10-26)36(44)32(48-37)19-27-18-23(4)40(25(27)6)31-15-11-28(42(45)46)17-22(31)3/h8-19,34H,1-7H3,(H,39,43)/b32-19+/t34-/m0/s1. The topological polar surface area (TPSA) is 121 Å². The van der Waals surface area contributed by atoms with Crippen molar-refractivity contribution in [3.8, 4) is 11.4 Å². The van der Waals surface area contributed by atoms with Gasteiger partial charge in [-0.05, 0) is 100 Å². The molecule has 0 saturated heterocycles. The van der Waals surface area contributed by atoms with Gasteiger partial charge in [0.1, 0.15) is 5.75 Å². The number of non-ortho nitro benzene ring substituents is 1. The molecule has 1 N–H and O–H groups in total. The Morgan fingerprint density at radius 2 is 1.71 bits per heavy atom. The maximum absolute atomic E-state index is 14.3. The lowest BCUT2D eigenvalue weighted by atomic mass is 9.95. The number of methoxy groups -OCH3 is 1. The number of benzene rings is 3. The van der Waals surface area contributed by atoms with Crippen LogP contribution in [0.25, 0.3) is 11.8 Å². The van der Waals surface area contributed by atoms with Crippen LogP contribution in [-0.4, -0.2) is 27.1 Å². The van der Waals surface area contributed by atoms with Crippen LogP contribution in [0.3, 0.4) is 0 Å². The number of nitro benzene ring substituents is 1. The van der Waals surface area contributed by atoms with E-state index in [0.29, 0.717) is 32.0 Å². The van der Waals surface area contributed by atoms with Crippen molar-refractivity contribution in [2.45, 2.75) is 47.6 Å². The molecule has 0 aliphatic carbocycles. The van der Waals surface area contributed by atoms with E-state index in [9.17, 15) is 19.7 Å². The van der Waals surface area contributed by atoms with Gasteiger partial charge in [0.25, 0.3) is 17.2 Å². The Bertz CT molecular complexity index is 2340. The van der Waals surface area contributed by atoms with Crippen LogP contribution in [0.5, 0.6) is 5.75 Å². The number of hydrogen-bond acceptors (Lipinski definition) is 7. The summed E-state index contributed by atoms with van der Waals surface area (Å²) in [6.07, 6.45) is 1.85. The highest BCUT2D eigenvalue weighted by Gasteiger charge is 2.33. The van der Waals surface area contributed by atoms with E-state index in [4.69, 9.17) is 9.73 Å². The van der Waals surface area contributed by atoms with Gasteiger partial charge in [-0.1, -0.05) is 41.2 Å². The summed E-state index contributed by atoms with van der Waals surface area (Å²) in [4.78, 5) is 44.5. The second-order valence-corrected chi connectivity index (χ2v) is 13.0. The van der Waals surface area contributed by atoms with Crippen LogP contribution < -0.4 is 24.9 Å². The number of ether oxygens (including phenoxy) is 1. The lowest BCUT2D eigenvalue weighted by Crippen LogP contribution is -2.40. The summed E-state index contributed by atoms with van der Waals surface area (Å²) in [5.41, 5.74) is 8.35. The number of aromatic nitrogens is 2. The lowest BCUT2D eigenvalue weighted by Gasteiger charge is -2.25. The van der Waals surface area contributed by atoms with E-state index in [-0.39, 0.29) is 17.2 Å². The Balaban J connectivity index is 1.47. The van der Waals surface area contributed by atoms with Gasteiger partial charge in [-0.25, -0.2) is 4.99 Å². The average Bonchev–Trinajstić information content (AvgIpc) is 3.50. The summed E-state index contributed by atoms with van der Waals surface area (Å²) in [5, 5.41) is 14.4. The van der Waals surface area contributed by atoms with E-state index in [1.54, 1.807) is 30.7 Å². The van der Waals surface area contributed by atoms with Gasteiger partial charge in [0.05, 0.1) is 33.9 Å². The third-order valence-electron chi connectivity index (χ3n) is 8.72. The third kappa shape index (κ3) is 5.77. The number of carbonyl (C=O) groups is 1. The first kappa shape index (κ1) is 32.4. The highest BCUT2D eigenvalue weighted by atomic mass is 32.1. The second kappa shape index (κ2) is 12.6. The molecule has 0 radical (unpaired) electrons. The molecule has 2 aromatic heterocycles. The first-order valence-electron chi connectivity index (χ1n) is 15.4. The second-order valence-electron chi connectivity index (χ2n) is 12.0. The van der Waals surface area contributed by atoms with Crippen molar-refractivity contribution >= 4 is 34.7 Å². The molecule has 1 amide bonds. The number of rotatable bonds is 7. The van der Waals surface area contributed by atoms with E-state index >= 15 is 0 Å². The van der Waals surface area contributed by atoms with Gasteiger partial charge >= 0.3 is 0 Å². The molecule has 5 aromatic rings. The van der Waals surface area contributed by atoms with Crippen molar-refractivity contribution in [2.24, 2.45) is 4.99 Å². The van der Waals surface area contributed by atoms with Crippen molar-refractivity contribution < 1.29 is 14.5 Å². The number of nitrogens with zero attached hydrogens (tertiary/aromatic N) is 4. The number of nitrogens with one attached hydrogen (secondary N) is 1. The smallest absolute Gasteiger partial charge is 0.271 e. The number of carbonyl (C=O) groups excluding carboxylic acids is 1. The van der Waals surface area contributed by atoms with Crippen molar-refractivity contribution in [1.82, 2.24) is 9.13 Å². The third-order valence-corrected chi connectivity index (χ3v) is 9.70. The molecule has 244 valence electrons. The van der Waals surface area contributed by atoms with Crippen LogP contribution in [-0.2, 0) is 4.79 Å². The number of aryl methyl sites for hydroxylation is 4. The van der Waals surface area contributed by atoms with Crippen molar-refractivity contribution in [1.29, 1.82) is 0 Å². The highest BCUT2D eigenvalue weighted by molar-refractivity contribution is 7.07. The van der Waals surface area contributed by atoms with E-state index in [1.807, 2.05) is 93.8 Å². The summed E-state index contributed by atoms with van der Waals surface area (Å²) >= 11 is 1.27. The van der Waals surface area contributed by atoms with Crippen LogP contribution in [0.15, 0.2) is 87.8 Å². The van der Waals surface area contributed by atoms with Gasteiger partial charge in [-0.15, -0.1) is 0 Å². The maximum Gasteiger partial charge on any atom is 0.271 e. The van der Waals surface area contributed by atoms with Gasteiger partial charge in [-0.3, -0.25) is 24.3 Å². The number of anilines is 1. The molecule has 1 atom stereocenters. The number of nitro groups is 1. The fraction of sp³-hybridized carbons (Fsp3) is 0.216. The van der Waals surface area contributed by atoms with Crippen LogP contribution in [0, 0.1) is 44.7 Å². The van der Waals surface area contributed by atoms with Crippen molar-refractivity contribution in [3.05, 3.63) is 147 Å². The Labute approximate surface area is 281 Å². The zero-order chi connectivity index (χ0) is 34.4. The molecular formula is C37H35N5O5S. The molecule has 10 nitrogen and oxygen atoms in total. The number of thiazole rings is 1. The van der Waals surface area contributed by atoms with Crippen LogP contribution in [0.4, 0.5) is 11.4 Å². The minimum Gasteiger partial charge on any atom is -0.497 e. The molecule has 0 spiro atoms. The molecule has 3 heterocycles. The normalized spacial score (nSPS) is 14.5. The number of fused-ring (bicyclic) bond motifs is 1. The van der Waals surface area contributed by atoms with Gasteiger partial charge in [0.15, 0.2) is 4.80 Å². The van der Waals surface area contributed by atoms with Gasteiger partial charge < -0.3 is 14.6 Å². The quantitative estimate of drug-likeness (QED) is 0.166. The molecule has 0 saturated carbocycles. The van der Waals surface area contributed by atoms with Gasteiger partial charge in [0.2, 0.25) is 0 Å². The summed E-state index contributed by atoms with van der Waals surface area (Å²) in [6, 6.07) is 19.2. The molecule has 0 fully saturated rings. The predicted octanol–water partition coefficient (Wildman–Crippen LogP) is 6.12. The van der Waals surface area contributed by atoms with E-state index in [1.165, 1.54) is 17.4 Å². The lowest BCUT2D eigenvalue weighted by molar-refractivity contribution is -0.384. The predicted molar refractivity (Wildman–Crippen MR) is 188 cm³/mol. The Morgan fingerprint density at radius 1 is 0.979 bits per heavy atom. The van der Waals surface area contributed by atoms with E-state index in [0.717, 1.165) is 44.9 Å². The summed E-state index contributed by atoms with van der Waals surface area (Å²) in [5.74, 6) is 0.326. The van der Waals surface area contributed by atoms with Crippen LogP contribution in [0.2, 0.25) is 0 Å². The highest BCUT2D eigenvalue weighted by Crippen LogP contribution is 2.32. The fourth-order valence-electron chi connectivity index (χ4n) is 6.31. The summed E-state index contributed by atoms with van der Waals surface area (Å²) in [6.45, 7) is 11.5. The minimum atomic E-state index is -0.727. The summed E-state index contributed by atoms with van der Waals surface area (Å²) in [7, 11) is 1.59. The summed E-state index contributed by atoms with van der Waals surface area (Å²) < 4.78 is 9.48. The molecule has 11 heteroatoms. The maximum atomic E-state index is 14.3. The number of allylic oxidation sites excluding steroid dienone is 1. The Morgan fingerprint density at radius 3 is 2.35 bits per heavy atom. The molecule has 6 rings (SSSR count). The molecule has 0 unspecified atom stereocenters. The molecule has 48 heavy (non-hydrogen) atoms. The molecule has 3 aromatic carbocycles. The molecular weight excluding hydrogens is 627 g/mol. The molecule has 1 aliphatic rings. The Hall–Kier alpha value is -5.55. The number of hydrogen-bond donors (Lipinski definition) is 1. The minimum absolute atomic E-state index is 0.0313. The first-order chi connectivity index (χ1) is 22.9. The van der Waals surface area contributed by atoms with Gasteiger partial charge in [-0.2, -0.15) is 0 Å². The fourth-order valence-corrected chi connectivity index (χ4v) is 7.34. The first-order valence-corrected chi connectivity index (χ1v) is 16.2. The SMILES string of the molecule is COc1ccc([C@H]2C(C(=O)Nc3ccc(C)cc3C)=C(C)N=c3s/c(=C/c4cc(C)n(-c5ccc([N+](=O)[O-])cc5C)c4C)c(=O)n32)cc1.